The minimum Gasteiger partial charge on any atom is -0.505 e. The van der Waals surface area contributed by atoms with Crippen LogP contribution < -0.4 is 5.32 Å². The highest BCUT2D eigenvalue weighted by Crippen LogP contribution is 2.62. The minimum absolute atomic E-state index is 0.277. The van der Waals surface area contributed by atoms with Gasteiger partial charge in [0.25, 0.3) is 0 Å². The van der Waals surface area contributed by atoms with Gasteiger partial charge in [-0.2, -0.15) is 0 Å². The Balaban J connectivity index is 1.73. The molecule has 1 aromatic carbocycles. The lowest BCUT2D eigenvalue weighted by Gasteiger charge is -2.43. The molecule has 0 amide bonds. The van der Waals surface area contributed by atoms with Crippen LogP contribution in [-0.4, -0.2) is 11.1 Å². The SMILES string of the molecule is CC12CCC(C1)C(C)(C)C2NCc1ccc(O)c(F)c1. The second kappa shape index (κ2) is 4.45. The van der Waals surface area contributed by atoms with Crippen molar-refractivity contribution in [3.05, 3.63) is 29.6 Å². The molecule has 0 saturated heterocycles. The number of hydrogen-bond acceptors (Lipinski definition) is 2. The standard InChI is InChI=1S/C17H24FNO/c1-16(2)12-6-7-17(3,9-12)15(16)19-10-11-4-5-14(20)13(18)8-11/h4-5,8,12,15,19-20H,6-7,9-10H2,1-3H3. The van der Waals surface area contributed by atoms with E-state index >= 15 is 0 Å². The third-order valence-electron chi connectivity index (χ3n) is 5.79. The Morgan fingerprint density at radius 3 is 2.70 bits per heavy atom. The summed E-state index contributed by atoms with van der Waals surface area (Å²) in [5.74, 6) is -0.00904. The first-order valence-corrected chi connectivity index (χ1v) is 7.54. The summed E-state index contributed by atoms with van der Waals surface area (Å²) >= 11 is 0. The third kappa shape index (κ3) is 2.03. The Bertz CT molecular complexity index is 523. The molecular weight excluding hydrogens is 253 g/mol. The number of aromatic hydroxyl groups is 1. The van der Waals surface area contributed by atoms with E-state index in [2.05, 4.69) is 26.1 Å². The molecule has 3 heteroatoms. The van der Waals surface area contributed by atoms with E-state index in [0.29, 0.717) is 23.4 Å². The lowest BCUT2D eigenvalue weighted by atomic mass is 9.68. The van der Waals surface area contributed by atoms with Gasteiger partial charge in [0.15, 0.2) is 11.6 Å². The molecule has 3 rings (SSSR count). The maximum absolute atomic E-state index is 13.4. The smallest absolute Gasteiger partial charge is 0.165 e. The highest BCUT2D eigenvalue weighted by Gasteiger charge is 2.58. The van der Waals surface area contributed by atoms with Crippen LogP contribution in [0.5, 0.6) is 5.75 Å². The summed E-state index contributed by atoms with van der Waals surface area (Å²) in [7, 11) is 0. The van der Waals surface area contributed by atoms with Crippen molar-refractivity contribution in [3.63, 3.8) is 0 Å². The van der Waals surface area contributed by atoms with Gasteiger partial charge in [0.05, 0.1) is 0 Å². The van der Waals surface area contributed by atoms with Crippen LogP contribution in [0.1, 0.15) is 45.6 Å². The zero-order valence-electron chi connectivity index (χ0n) is 12.5. The molecule has 0 spiro atoms. The quantitative estimate of drug-likeness (QED) is 0.880. The van der Waals surface area contributed by atoms with Gasteiger partial charge in [-0.15, -0.1) is 0 Å². The molecule has 2 nitrogen and oxygen atoms in total. The summed E-state index contributed by atoms with van der Waals surface area (Å²) in [6.45, 7) is 7.76. The van der Waals surface area contributed by atoms with Crippen molar-refractivity contribution < 1.29 is 9.50 Å². The van der Waals surface area contributed by atoms with Crippen LogP contribution in [-0.2, 0) is 6.54 Å². The van der Waals surface area contributed by atoms with Crippen molar-refractivity contribution in [2.75, 3.05) is 0 Å². The molecule has 2 aliphatic rings. The molecule has 1 aromatic rings. The second-order valence-corrected chi connectivity index (χ2v) is 7.51. The minimum atomic E-state index is -0.539. The van der Waals surface area contributed by atoms with Crippen LogP contribution in [0.4, 0.5) is 4.39 Å². The van der Waals surface area contributed by atoms with Crippen molar-refractivity contribution in [1.82, 2.24) is 5.32 Å². The number of fused-ring (bicyclic) bond motifs is 2. The fourth-order valence-corrected chi connectivity index (χ4v) is 4.69. The van der Waals surface area contributed by atoms with Crippen molar-refractivity contribution in [2.24, 2.45) is 16.7 Å². The first kappa shape index (κ1) is 13.9. The Morgan fingerprint density at radius 2 is 2.10 bits per heavy atom. The number of nitrogens with one attached hydrogen (secondary N) is 1. The number of phenols is 1. The number of benzene rings is 1. The van der Waals surface area contributed by atoms with E-state index in [4.69, 9.17) is 0 Å². The van der Waals surface area contributed by atoms with Gasteiger partial charge < -0.3 is 10.4 Å². The number of hydrogen-bond donors (Lipinski definition) is 2. The molecule has 2 bridgehead atoms. The average molecular weight is 277 g/mol. The van der Waals surface area contributed by atoms with E-state index in [1.165, 1.54) is 31.4 Å². The summed E-state index contributed by atoms with van der Waals surface area (Å²) < 4.78 is 13.4. The second-order valence-electron chi connectivity index (χ2n) is 7.51. The van der Waals surface area contributed by atoms with Gasteiger partial charge in [-0.3, -0.25) is 0 Å². The van der Waals surface area contributed by atoms with E-state index in [1.807, 2.05) is 0 Å². The summed E-state index contributed by atoms with van der Waals surface area (Å²) in [6.07, 6.45) is 3.94. The Hall–Kier alpha value is -1.09. The van der Waals surface area contributed by atoms with Crippen LogP contribution >= 0.6 is 0 Å². The van der Waals surface area contributed by atoms with Crippen LogP contribution in [0.25, 0.3) is 0 Å². The van der Waals surface area contributed by atoms with Gasteiger partial charge in [0.1, 0.15) is 0 Å². The fourth-order valence-electron chi connectivity index (χ4n) is 4.69. The largest absolute Gasteiger partial charge is 0.505 e. The molecule has 2 N–H and O–H groups in total. The summed E-state index contributed by atoms with van der Waals surface area (Å²) in [4.78, 5) is 0. The molecule has 3 unspecified atom stereocenters. The van der Waals surface area contributed by atoms with Gasteiger partial charge in [-0.25, -0.2) is 4.39 Å². The van der Waals surface area contributed by atoms with Gasteiger partial charge in [0.2, 0.25) is 0 Å². The Labute approximate surface area is 120 Å². The first-order chi connectivity index (χ1) is 9.33. The first-order valence-electron chi connectivity index (χ1n) is 7.54. The molecule has 0 aromatic heterocycles. The number of phenolic OH excluding ortho intramolecular Hbond substituents is 1. The van der Waals surface area contributed by atoms with E-state index in [1.54, 1.807) is 6.07 Å². The summed E-state index contributed by atoms with van der Waals surface area (Å²) in [5.41, 5.74) is 1.58. The molecule has 0 radical (unpaired) electrons. The molecular formula is C17H24FNO. The molecule has 2 saturated carbocycles. The molecule has 3 atom stereocenters. The van der Waals surface area contributed by atoms with Crippen molar-refractivity contribution in [3.8, 4) is 5.75 Å². The van der Waals surface area contributed by atoms with Gasteiger partial charge in [0, 0.05) is 12.6 Å². The fraction of sp³-hybridized carbons (Fsp3) is 0.647. The molecule has 2 aliphatic carbocycles. The summed E-state index contributed by atoms with van der Waals surface area (Å²) in [6, 6.07) is 5.12. The monoisotopic (exact) mass is 277 g/mol. The van der Waals surface area contributed by atoms with E-state index in [-0.39, 0.29) is 5.75 Å². The normalized spacial score (nSPS) is 34.6. The highest BCUT2D eigenvalue weighted by molar-refractivity contribution is 5.28. The molecule has 0 heterocycles. The predicted molar refractivity (Wildman–Crippen MR) is 77.9 cm³/mol. The van der Waals surface area contributed by atoms with E-state index in [9.17, 15) is 9.50 Å². The molecule has 0 aliphatic heterocycles. The van der Waals surface area contributed by atoms with E-state index in [0.717, 1.165) is 11.5 Å². The summed E-state index contributed by atoms with van der Waals surface area (Å²) in [5, 5.41) is 12.9. The third-order valence-corrected chi connectivity index (χ3v) is 5.79. The Kier molecular flexibility index (Phi) is 3.09. The zero-order valence-corrected chi connectivity index (χ0v) is 12.5. The number of rotatable bonds is 3. The van der Waals surface area contributed by atoms with Gasteiger partial charge >= 0.3 is 0 Å². The molecule has 110 valence electrons. The molecule has 2 fully saturated rings. The lowest BCUT2D eigenvalue weighted by molar-refractivity contribution is 0.108. The zero-order chi connectivity index (χ0) is 14.5. The maximum atomic E-state index is 13.4. The van der Waals surface area contributed by atoms with Crippen molar-refractivity contribution >= 4 is 0 Å². The van der Waals surface area contributed by atoms with Gasteiger partial charge in [-0.05, 0) is 53.7 Å². The van der Waals surface area contributed by atoms with Crippen LogP contribution in [0.3, 0.4) is 0 Å². The van der Waals surface area contributed by atoms with E-state index < -0.39 is 5.82 Å². The maximum Gasteiger partial charge on any atom is 0.165 e. The van der Waals surface area contributed by atoms with Gasteiger partial charge in [-0.1, -0.05) is 26.8 Å². The highest BCUT2D eigenvalue weighted by atomic mass is 19.1. The number of halogens is 1. The van der Waals surface area contributed by atoms with Crippen molar-refractivity contribution in [1.29, 1.82) is 0 Å². The van der Waals surface area contributed by atoms with Crippen LogP contribution in [0, 0.1) is 22.6 Å². The topological polar surface area (TPSA) is 32.3 Å². The lowest BCUT2D eigenvalue weighted by Crippen LogP contribution is -2.49. The molecule has 20 heavy (non-hydrogen) atoms. The van der Waals surface area contributed by atoms with Crippen LogP contribution in [0.15, 0.2) is 18.2 Å². The average Bonchev–Trinajstić information content (AvgIpc) is 2.84. The van der Waals surface area contributed by atoms with Crippen LogP contribution in [0.2, 0.25) is 0 Å². The predicted octanol–water partition coefficient (Wildman–Crippen LogP) is 3.84. The van der Waals surface area contributed by atoms with Crippen molar-refractivity contribution in [2.45, 2.75) is 52.6 Å². The Morgan fingerprint density at radius 1 is 1.35 bits per heavy atom.